The van der Waals surface area contributed by atoms with Crippen molar-refractivity contribution < 1.29 is 19.2 Å². The summed E-state index contributed by atoms with van der Waals surface area (Å²) in [7, 11) is 0. The largest absolute Gasteiger partial charge is 0.491 e. The Morgan fingerprint density at radius 3 is 2.75 bits per heavy atom. The van der Waals surface area contributed by atoms with E-state index in [-0.39, 0.29) is 22.5 Å². The van der Waals surface area contributed by atoms with Crippen molar-refractivity contribution in [3.05, 3.63) is 64.2 Å². The van der Waals surface area contributed by atoms with E-state index in [1.807, 2.05) is 12.1 Å². The first kappa shape index (κ1) is 19.7. The molecule has 0 aliphatic carbocycles. The first-order chi connectivity index (χ1) is 13.5. The van der Waals surface area contributed by atoms with Crippen LogP contribution < -0.4 is 15.4 Å². The quantitative estimate of drug-likeness (QED) is 0.435. The predicted molar refractivity (Wildman–Crippen MR) is 108 cm³/mol. The Kier molecular flexibility index (Phi) is 6.51. The van der Waals surface area contributed by atoms with E-state index in [0.29, 0.717) is 18.0 Å². The van der Waals surface area contributed by atoms with Gasteiger partial charge in [0.2, 0.25) is 0 Å². The average Bonchev–Trinajstić information content (AvgIpc) is 3.20. The highest BCUT2D eigenvalue weighted by Crippen LogP contribution is 2.20. The smallest absolute Gasteiger partial charge is 0.269 e. The van der Waals surface area contributed by atoms with E-state index < -0.39 is 10.8 Å². The number of rotatable bonds is 6. The second-order valence-corrected chi connectivity index (χ2v) is 6.59. The minimum Gasteiger partial charge on any atom is -0.491 e. The molecule has 1 saturated heterocycles. The topological polar surface area (TPSA) is 103 Å². The molecule has 0 radical (unpaired) electrons. The highest BCUT2D eigenvalue weighted by atomic mass is 32.1. The molecule has 0 saturated carbocycles. The van der Waals surface area contributed by atoms with Crippen LogP contribution in [0, 0.1) is 10.1 Å². The van der Waals surface area contributed by atoms with Crippen molar-refractivity contribution in [1.29, 1.82) is 0 Å². The Morgan fingerprint density at radius 2 is 2.07 bits per heavy atom. The summed E-state index contributed by atoms with van der Waals surface area (Å²) in [4.78, 5) is 22.3. The number of anilines is 1. The molecule has 1 fully saturated rings. The zero-order valence-corrected chi connectivity index (χ0v) is 15.7. The van der Waals surface area contributed by atoms with E-state index in [1.165, 1.54) is 24.3 Å². The van der Waals surface area contributed by atoms with Gasteiger partial charge in [0, 0.05) is 36.1 Å². The normalized spacial score (nSPS) is 15.6. The molecule has 28 heavy (non-hydrogen) atoms. The number of carbonyl (C=O) groups is 1. The third-order valence-corrected chi connectivity index (χ3v) is 4.32. The number of non-ortho nitro benzene ring substituents is 1. The molecule has 0 spiro atoms. The summed E-state index contributed by atoms with van der Waals surface area (Å²) in [6.45, 7) is 1.27. The fraction of sp³-hybridized carbons (Fsp3) is 0.263. The number of ether oxygens (including phenoxy) is 2. The number of thiocarbonyl (C=S) groups is 1. The molecule has 2 aromatic rings. The van der Waals surface area contributed by atoms with Crippen LogP contribution in [0.4, 0.5) is 11.4 Å². The van der Waals surface area contributed by atoms with Gasteiger partial charge in [-0.25, -0.2) is 0 Å². The molecule has 1 aliphatic heterocycles. The van der Waals surface area contributed by atoms with Crippen LogP contribution in [-0.2, 0) is 4.74 Å². The molecule has 1 heterocycles. The van der Waals surface area contributed by atoms with Crippen LogP contribution in [0.2, 0.25) is 0 Å². The summed E-state index contributed by atoms with van der Waals surface area (Å²) >= 11 is 5.16. The van der Waals surface area contributed by atoms with Crippen LogP contribution in [0.15, 0.2) is 48.5 Å². The summed E-state index contributed by atoms with van der Waals surface area (Å²) in [5.74, 6) is 0.211. The van der Waals surface area contributed by atoms with Crippen molar-refractivity contribution >= 4 is 34.6 Å². The van der Waals surface area contributed by atoms with E-state index in [0.717, 1.165) is 19.4 Å². The Morgan fingerprint density at radius 1 is 1.29 bits per heavy atom. The van der Waals surface area contributed by atoms with E-state index >= 15 is 0 Å². The van der Waals surface area contributed by atoms with Gasteiger partial charge in [-0.2, -0.15) is 0 Å². The van der Waals surface area contributed by atoms with Crippen LogP contribution >= 0.6 is 12.2 Å². The Hall–Kier alpha value is -3.04. The molecule has 2 aromatic carbocycles. The Labute approximate surface area is 167 Å². The van der Waals surface area contributed by atoms with Crippen molar-refractivity contribution in [2.24, 2.45) is 0 Å². The molecule has 3 rings (SSSR count). The zero-order chi connectivity index (χ0) is 19.9. The lowest BCUT2D eigenvalue weighted by Crippen LogP contribution is -2.34. The molecular weight excluding hydrogens is 382 g/mol. The maximum atomic E-state index is 12.2. The lowest BCUT2D eigenvalue weighted by Gasteiger charge is -2.13. The Balaban J connectivity index is 1.53. The van der Waals surface area contributed by atoms with Gasteiger partial charge in [0.25, 0.3) is 11.6 Å². The van der Waals surface area contributed by atoms with E-state index in [9.17, 15) is 14.9 Å². The number of amides is 1. The standard InChI is InChI=1S/C19H19N3O5S/c23-18(13-6-8-15(9-7-13)22(24)25)21-19(28)20-14-3-1-4-16(11-14)27-12-17-5-2-10-26-17/h1,3-4,6-9,11,17H,2,5,10,12H2,(H2,20,21,23,28). The molecule has 1 atom stereocenters. The lowest BCUT2D eigenvalue weighted by atomic mass is 10.2. The van der Waals surface area contributed by atoms with Gasteiger partial charge in [-0.3, -0.25) is 20.2 Å². The monoisotopic (exact) mass is 401 g/mol. The van der Waals surface area contributed by atoms with Crippen molar-refractivity contribution in [2.45, 2.75) is 18.9 Å². The first-order valence-electron chi connectivity index (χ1n) is 8.72. The summed E-state index contributed by atoms with van der Waals surface area (Å²) in [6, 6.07) is 12.5. The van der Waals surface area contributed by atoms with E-state index in [2.05, 4.69) is 10.6 Å². The lowest BCUT2D eigenvalue weighted by molar-refractivity contribution is -0.384. The van der Waals surface area contributed by atoms with Gasteiger partial charge in [-0.05, 0) is 49.3 Å². The highest BCUT2D eigenvalue weighted by molar-refractivity contribution is 7.80. The molecule has 0 bridgehead atoms. The minimum atomic E-state index is -0.526. The fourth-order valence-electron chi connectivity index (χ4n) is 2.70. The van der Waals surface area contributed by atoms with Crippen LogP contribution in [0.3, 0.4) is 0 Å². The molecule has 1 aliphatic rings. The molecule has 2 N–H and O–H groups in total. The highest BCUT2D eigenvalue weighted by Gasteiger charge is 2.16. The summed E-state index contributed by atoms with van der Waals surface area (Å²) in [6.07, 6.45) is 2.17. The van der Waals surface area contributed by atoms with Crippen LogP contribution in [0.5, 0.6) is 5.75 Å². The number of benzene rings is 2. The third-order valence-electron chi connectivity index (χ3n) is 4.12. The van der Waals surface area contributed by atoms with Gasteiger partial charge in [-0.15, -0.1) is 0 Å². The SMILES string of the molecule is O=C(NC(=S)Nc1cccc(OCC2CCCO2)c1)c1ccc([N+](=O)[O-])cc1. The maximum absolute atomic E-state index is 12.2. The van der Waals surface area contributed by atoms with Gasteiger partial charge >= 0.3 is 0 Å². The number of nitrogens with zero attached hydrogens (tertiary/aromatic N) is 1. The summed E-state index contributed by atoms with van der Waals surface area (Å²) in [5.41, 5.74) is 0.847. The predicted octanol–water partition coefficient (Wildman–Crippen LogP) is 3.28. The zero-order valence-electron chi connectivity index (χ0n) is 14.9. The number of hydrogen-bond acceptors (Lipinski definition) is 6. The molecule has 1 unspecified atom stereocenters. The number of carbonyl (C=O) groups excluding carboxylic acids is 1. The van der Waals surface area contributed by atoms with Gasteiger partial charge < -0.3 is 14.8 Å². The van der Waals surface area contributed by atoms with Crippen molar-refractivity contribution in [3.63, 3.8) is 0 Å². The average molecular weight is 401 g/mol. The maximum Gasteiger partial charge on any atom is 0.269 e. The number of hydrogen-bond donors (Lipinski definition) is 2. The van der Waals surface area contributed by atoms with Crippen LogP contribution in [-0.4, -0.2) is 35.3 Å². The van der Waals surface area contributed by atoms with Gasteiger partial charge in [0.1, 0.15) is 12.4 Å². The summed E-state index contributed by atoms with van der Waals surface area (Å²) in [5, 5.41) is 16.2. The molecular formula is C19H19N3O5S. The van der Waals surface area contributed by atoms with Crippen molar-refractivity contribution in [1.82, 2.24) is 5.32 Å². The minimum absolute atomic E-state index is 0.0860. The van der Waals surface area contributed by atoms with E-state index in [4.69, 9.17) is 21.7 Å². The second-order valence-electron chi connectivity index (χ2n) is 6.19. The van der Waals surface area contributed by atoms with Crippen LogP contribution in [0.1, 0.15) is 23.2 Å². The first-order valence-corrected chi connectivity index (χ1v) is 9.13. The number of nitro benzene ring substituents is 1. The summed E-state index contributed by atoms with van der Waals surface area (Å²) < 4.78 is 11.3. The Bertz CT molecular complexity index is 866. The fourth-order valence-corrected chi connectivity index (χ4v) is 2.91. The van der Waals surface area contributed by atoms with Crippen molar-refractivity contribution in [2.75, 3.05) is 18.5 Å². The molecule has 146 valence electrons. The van der Waals surface area contributed by atoms with Gasteiger partial charge in [-0.1, -0.05) is 6.07 Å². The van der Waals surface area contributed by atoms with Crippen molar-refractivity contribution in [3.8, 4) is 5.75 Å². The van der Waals surface area contributed by atoms with Gasteiger partial charge in [0.15, 0.2) is 5.11 Å². The molecule has 9 heteroatoms. The number of nitrogens with one attached hydrogen (secondary N) is 2. The molecule has 0 aromatic heterocycles. The molecule has 8 nitrogen and oxygen atoms in total. The molecule has 1 amide bonds. The van der Waals surface area contributed by atoms with E-state index in [1.54, 1.807) is 12.1 Å². The second kappa shape index (κ2) is 9.25. The third kappa shape index (κ3) is 5.48. The number of nitro groups is 1. The van der Waals surface area contributed by atoms with Crippen LogP contribution in [0.25, 0.3) is 0 Å². The van der Waals surface area contributed by atoms with Gasteiger partial charge in [0.05, 0.1) is 11.0 Å².